The van der Waals surface area contributed by atoms with E-state index in [1.807, 2.05) is 10.8 Å². The van der Waals surface area contributed by atoms with Crippen molar-refractivity contribution in [3.05, 3.63) is 50.7 Å². The summed E-state index contributed by atoms with van der Waals surface area (Å²) in [6, 6.07) is 5.08. The van der Waals surface area contributed by atoms with Crippen LogP contribution in [0.2, 0.25) is 0 Å². The first-order chi connectivity index (χ1) is 8.20. The van der Waals surface area contributed by atoms with Crippen molar-refractivity contribution < 1.29 is 9.59 Å². The van der Waals surface area contributed by atoms with Gasteiger partial charge < -0.3 is 0 Å². The molecule has 0 aliphatic carbocycles. The summed E-state index contributed by atoms with van der Waals surface area (Å²) in [7, 11) is 0. The molecule has 0 radical (unpaired) electrons. The maximum Gasteiger partial charge on any atom is 0.216 e. The number of allylic oxidation sites excluding steroid dienone is 1. The van der Waals surface area contributed by atoms with Gasteiger partial charge in [-0.2, -0.15) is 0 Å². The van der Waals surface area contributed by atoms with Gasteiger partial charge in [-0.15, -0.1) is 0 Å². The summed E-state index contributed by atoms with van der Waals surface area (Å²) >= 11 is 2.79. The molecule has 0 saturated carbocycles. The van der Waals surface area contributed by atoms with E-state index in [-0.39, 0.29) is 17.1 Å². The van der Waals surface area contributed by atoms with Crippen LogP contribution in [0, 0.1) is 0 Å². The summed E-state index contributed by atoms with van der Waals surface area (Å²) in [5.74, 6) is -0.531. The van der Waals surface area contributed by atoms with Gasteiger partial charge in [0.2, 0.25) is 5.78 Å². The number of nitrogens with zero attached hydrogens (tertiary/aromatic N) is 1. The molecule has 0 aromatic carbocycles. The molecule has 2 heterocycles. The lowest BCUT2D eigenvalue weighted by Crippen LogP contribution is -2.13. The summed E-state index contributed by atoms with van der Waals surface area (Å²) in [4.78, 5) is 27.7. The summed E-state index contributed by atoms with van der Waals surface area (Å²) in [5, 5.41) is 3.71. The number of ketones is 2. The molecule has 0 bridgehead atoms. The molecule has 1 aromatic heterocycles. The lowest BCUT2D eigenvalue weighted by atomic mass is 10.1. The molecule has 0 atom stereocenters. The number of carbonyl (C=O) groups is 2. The Morgan fingerprint density at radius 2 is 1.88 bits per heavy atom. The second-order valence-electron chi connectivity index (χ2n) is 3.27. The van der Waals surface area contributed by atoms with Crippen LogP contribution >= 0.6 is 23.5 Å². The normalized spacial score (nSPS) is 13.8. The minimum absolute atomic E-state index is 0.223. The molecule has 0 N–H and O–H groups in total. The van der Waals surface area contributed by atoms with Gasteiger partial charge in [-0.05, 0) is 29.9 Å². The summed E-state index contributed by atoms with van der Waals surface area (Å²) in [6.45, 7) is 1.41. The SMILES string of the molecule is CC(=O)C(C(=O)c1ccccn1)=C1SC=CS1. The maximum absolute atomic E-state index is 12.2. The third-order valence-electron chi connectivity index (χ3n) is 2.09. The van der Waals surface area contributed by atoms with E-state index in [4.69, 9.17) is 0 Å². The Bertz CT molecular complexity index is 511. The molecule has 1 aliphatic rings. The zero-order valence-corrected chi connectivity index (χ0v) is 10.7. The second-order valence-corrected chi connectivity index (χ2v) is 5.36. The Balaban J connectivity index is 2.39. The zero-order chi connectivity index (χ0) is 12.3. The van der Waals surface area contributed by atoms with Crippen molar-refractivity contribution >= 4 is 35.1 Å². The number of Topliss-reactive ketones (excluding diaryl/α,β-unsaturated/α-hetero) is 2. The van der Waals surface area contributed by atoms with Crippen molar-refractivity contribution in [1.29, 1.82) is 0 Å². The van der Waals surface area contributed by atoms with E-state index in [0.717, 1.165) is 4.24 Å². The third kappa shape index (κ3) is 2.68. The molecule has 0 unspecified atom stereocenters. The molecule has 0 spiro atoms. The smallest absolute Gasteiger partial charge is 0.216 e. The number of aromatic nitrogens is 1. The van der Waals surface area contributed by atoms with E-state index in [9.17, 15) is 9.59 Å². The minimum atomic E-state index is -0.309. The van der Waals surface area contributed by atoms with Gasteiger partial charge in [-0.3, -0.25) is 14.6 Å². The van der Waals surface area contributed by atoms with Gasteiger partial charge in [-0.1, -0.05) is 29.6 Å². The molecule has 17 heavy (non-hydrogen) atoms. The third-order valence-corrected chi connectivity index (χ3v) is 4.22. The van der Waals surface area contributed by atoms with Crippen LogP contribution < -0.4 is 0 Å². The number of hydrogen-bond donors (Lipinski definition) is 0. The van der Waals surface area contributed by atoms with E-state index in [1.54, 1.807) is 24.4 Å². The van der Waals surface area contributed by atoms with E-state index in [2.05, 4.69) is 4.98 Å². The monoisotopic (exact) mass is 263 g/mol. The molecule has 0 amide bonds. The fraction of sp³-hybridized carbons (Fsp3) is 0.0833. The Hall–Kier alpha value is -1.33. The molecule has 1 aliphatic heterocycles. The maximum atomic E-state index is 12.2. The Morgan fingerprint density at radius 3 is 2.41 bits per heavy atom. The number of rotatable bonds is 3. The van der Waals surface area contributed by atoms with Crippen LogP contribution in [-0.2, 0) is 4.79 Å². The highest BCUT2D eigenvalue weighted by Crippen LogP contribution is 2.40. The molecule has 5 heteroatoms. The molecule has 0 saturated heterocycles. The van der Waals surface area contributed by atoms with E-state index < -0.39 is 0 Å². The van der Waals surface area contributed by atoms with Gasteiger partial charge in [0.05, 0.1) is 9.81 Å². The van der Waals surface area contributed by atoms with E-state index >= 15 is 0 Å². The van der Waals surface area contributed by atoms with Crippen molar-refractivity contribution in [2.45, 2.75) is 6.92 Å². The number of pyridine rings is 1. The highest BCUT2D eigenvalue weighted by Gasteiger charge is 2.23. The fourth-order valence-corrected chi connectivity index (χ4v) is 3.30. The topological polar surface area (TPSA) is 47.0 Å². The molecule has 1 aromatic rings. The fourth-order valence-electron chi connectivity index (χ4n) is 1.35. The van der Waals surface area contributed by atoms with Crippen LogP contribution in [0.1, 0.15) is 17.4 Å². The van der Waals surface area contributed by atoms with Crippen molar-refractivity contribution in [3.63, 3.8) is 0 Å². The lowest BCUT2D eigenvalue weighted by molar-refractivity contribution is -0.113. The molecular weight excluding hydrogens is 254 g/mol. The van der Waals surface area contributed by atoms with E-state index in [1.165, 1.54) is 30.4 Å². The summed E-state index contributed by atoms with van der Waals surface area (Å²) in [6.07, 6.45) is 1.54. The highest BCUT2D eigenvalue weighted by molar-refractivity contribution is 8.27. The van der Waals surface area contributed by atoms with Crippen LogP contribution in [0.5, 0.6) is 0 Å². The summed E-state index contributed by atoms with van der Waals surface area (Å²) in [5.41, 5.74) is 0.530. The van der Waals surface area contributed by atoms with Crippen LogP contribution in [0.4, 0.5) is 0 Å². The average Bonchev–Trinajstić information content (AvgIpc) is 2.83. The Kier molecular flexibility index (Phi) is 3.81. The van der Waals surface area contributed by atoms with Gasteiger partial charge in [0.1, 0.15) is 5.69 Å². The zero-order valence-electron chi connectivity index (χ0n) is 9.04. The van der Waals surface area contributed by atoms with Crippen molar-refractivity contribution in [1.82, 2.24) is 4.98 Å². The lowest BCUT2D eigenvalue weighted by Gasteiger charge is -2.05. The Morgan fingerprint density at radius 1 is 1.18 bits per heavy atom. The first-order valence-corrected chi connectivity index (χ1v) is 6.65. The van der Waals surface area contributed by atoms with Crippen molar-refractivity contribution in [2.75, 3.05) is 0 Å². The quantitative estimate of drug-likeness (QED) is 0.363. The number of carbonyl (C=O) groups excluding carboxylic acids is 2. The van der Waals surface area contributed by atoms with Crippen LogP contribution in [0.3, 0.4) is 0 Å². The molecule has 0 fully saturated rings. The van der Waals surface area contributed by atoms with Crippen LogP contribution in [0.25, 0.3) is 0 Å². The van der Waals surface area contributed by atoms with Gasteiger partial charge in [0, 0.05) is 6.20 Å². The highest BCUT2D eigenvalue weighted by atomic mass is 32.2. The second kappa shape index (κ2) is 5.33. The van der Waals surface area contributed by atoms with Gasteiger partial charge in [0.25, 0.3) is 0 Å². The standard InChI is InChI=1S/C12H9NO2S2/c1-8(14)10(12-16-6-7-17-12)11(15)9-4-2-3-5-13-9/h2-7H,1H3. The Labute approximate surface area is 107 Å². The van der Waals surface area contributed by atoms with Gasteiger partial charge in [0.15, 0.2) is 5.78 Å². The van der Waals surface area contributed by atoms with E-state index in [0.29, 0.717) is 5.69 Å². The van der Waals surface area contributed by atoms with Gasteiger partial charge >= 0.3 is 0 Å². The van der Waals surface area contributed by atoms with Crippen molar-refractivity contribution in [2.24, 2.45) is 0 Å². The molecule has 86 valence electrons. The summed E-state index contributed by atoms with van der Waals surface area (Å²) < 4.78 is 0.730. The first kappa shape index (κ1) is 12.1. The van der Waals surface area contributed by atoms with Crippen molar-refractivity contribution in [3.8, 4) is 0 Å². The molecular formula is C12H9NO2S2. The van der Waals surface area contributed by atoms with Crippen LogP contribution in [-0.4, -0.2) is 16.6 Å². The average molecular weight is 263 g/mol. The predicted octanol–water partition coefficient (Wildman–Crippen LogP) is 3.02. The number of thioether (sulfide) groups is 2. The first-order valence-electron chi connectivity index (χ1n) is 4.89. The minimum Gasteiger partial charge on any atom is -0.294 e. The molecule has 3 nitrogen and oxygen atoms in total. The number of hydrogen-bond acceptors (Lipinski definition) is 5. The molecule has 2 rings (SSSR count). The van der Waals surface area contributed by atoms with Gasteiger partial charge in [-0.25, -0.2) is 0 Å². The largest absolute Gasteiger partial charge is 0.294 e. The van der Waals surface area contributed by atoms with Crippen LogP contribution in [0.15, 0.2) is 45.0 Å². The predicted molar refractivity (Wildman–Crippen MR) is 70.6 cm³/mol.